The Kier molecular flexibility index (Phi) is 47.9. The number of allylic oxidation sites excluding steroid dienone is 1. The number of ketones is 2. The van der Waals surface area contributed by atoms with Crippen LogP contribution in [0.1, 0.15) is 109 Å². The van der Waals surface area contributed by atoms with Gasteiger partial charge in [-0.15, -0.1) is 0 Å². The third-order valence-electron chi connectivity index (χ3n) is 5.34. The minimum atomic E-state index is 0. The van der Waals surface area contributed by atoms with Gasteiger partial charge in [0, 0.05) is 55.0 Å². The molecule has 5 rings (SSSR count). The number of carbonyl (C=O) groups excluding carboxylic acids is 4. The number of hydrogen-bond acceptors (Lipinski definition) is 4. The van der Waals surface area contributed by atoms with Crippen LogP contribution >= 0.6 is 0 Å². The Hall–Kier alpha value is -4.38. The summed E-state index contributed by atoms with van der Waals surface area (Å²) in [6.45, 7) is 17.6. The molecule has 0 unspecified atom stereocenters. The third-order valence-corrected chi connectivity index (χ3v) is 5.34. The van der Waals surface area contributed by atoms with Crippen LogP contribution in [0.2, 0.25) is 0 Å². The minimum Gasteiger partial charge on any atom is -0.358 e. The summed E-state index contributed by atoms with van der Waals surface area (Å²) < 4.78 is 0. The summed E-state index contributed by atoms with van der Waals surface area (Å²) in [6.07, 6.45) is 5.10. The molecule has 0 aliphatic carbocycles. The molecule has 5 aromatic rings. The van der Waals surface area contributed by atoms with Crippen molar-refractivity contribution in [3.63, 3.8) is 0 Å². The first kappa shape index (κ1) is 56.0. The second kappa shape index (κ2) is 43.6. The Balaban J connectivity index is -0.000000177. The van der Waals surface area contributed by atoms with Gasteiger partial charge in [0.2, 0.25) is 0 Å². The molecule has 0 atom stereocenters. The van der Waals surface area contributed by atoms with Gasteiger partial charge in [-0.2, -0.15) is 0 Å². The van der Waals surface area contributed by atoms with E-state index in [1.54, 1.807) is 37.3 Å². The molecule has 0 heterocycles. The maximum Gasteiger partial charge on any atom is 0.185 e. The van der Waals surface area contributed by atoms with Crippen LogP contribution < -0.4 is 0 Å². The van der Waals surface area contributed by atoms with Crippen LogP contribution in [0.5, 0.6) is 0 Å². The number of carbonyl (C=O) groups is 4. The van der Waals surface area contributed by atoms with Gasteiger partial charge in [0.25, 0.3) is 0 Å². The van der Waals surface area contributed by atoms with Crippen molar-refractivity contribution in [1.29, 1.82) is 0 Å². The molecule has 0 bridgehead atoms. The summed E-state index contributed by atoms with van der Waals surface area (Å²) in [5.74, 6) is 0.153. The van der Waals surface area contributed by atoms with E-state index in [2.05, 4.69) is 0 Å². The van der Waals surface area contributed by atoms with Gasteiger partial charge >= 0.3 is 0 Å². The minimum absolute atomic E-state index is 0. The van der Waals surface area contributed by atoms with E-state index in [1.165, 1.54) is 0 Å². The molecule has 1 radical (unpaired) electrons. The molecule has 0 amide bonds. The predicted octanol–water partition coefficient (Wildman–Crippen LogP) is 13.0. The molecule has 0 N–H and O–H groups in total. The summed E-state index contributed by atoms with van der Waals surface area (Å²) >= 11 is 0. The van der Waals surface area contributed by atoms with E-state index >= 15 is 0 Å². The molecule has 51 heavy (non-hydrogen) atoms. The Morgan fingerprint density at radius 2 is 0.667 bits per heavy atom. The summed E-state index contributed by atoms with van der Waals surface area (Å²) in [6, 6.07) is 46.5. The van der Waals surface area contributed by atoms with Gasteiger partial charge in [0.15, 0.2) is 11.6 Å². The van der Waals surface area contributed by atoms with Gasteiger partial charge in [0.05, 0.1) is 0 Å². The standard InChI is InChI=1S/C15H12O.C8H8O.2C7H6O.4C2H6.CH3.Y/c16-15(14-9-5-2-6-10-14)12-11-13-7-3-1-4-8-13;1-7(9)8-5-3-2-4-6-8;2*8-6-7-4-2-1-3-5-7;4*1-2;;/h1-12H;2-6H,1H3;2*1-6H;4*1-2H3;1H3;/q;;;;;;;;-1;/b12-11+;;;;;;;;;. The average molecular weight is 765 g/mol. The molecule has 271 valence electrons. The van der Waals surface area contributed by atoms with Crippen molar-refractivity contribution in [2.24, 2.45) is 0 Å². The van der Waals surface area contributed by atoms with E-state index in [-0.39, 0.29) is 51.7 Å². The molecule has 0 saturated heterocycles. The van der Waals surface area contributed by atoms with Crippen LogP contribution in [0.4, 0.5) is 0 Å². The molecular weight excluding hydrogens is 705 g/mol. The van der Waals surface area contributed by atoms with Crippen LogP contribution in [0.3, 0.4) is 0 Å². The van der Waals surface area contributed by atoms with Crippen LogP contribution in [0.15, 0.2) is 158 Å². The summed E-state index contributed by atoms with van der Waals surface area (Å²) in [4.78, 5) is 42.4. The van der Waals surface area contributed by atoms with E-state index in [9.17, 15) is 19.2 Å². The molecular formula is C46H59O4Y-. The van der Waals surface area contributed by atoms with Crippen molar-refractivity contribution < 1.29 is 51.9 Å². The monoisotopic (exact) mass is 764 g/mol. The summed E-state index contributed by atoms with van der Waals surface area (Å²) in [7, 11) is 0. The molecule has 0 fully saturated rings. The van der Waals surface area contributed by atoms with E-state index < -0.39 is 0 Å². The fraction of sp³-hybridized carbons (Fsp3) is 0.196. The number of rotatable bonds is 6. The number of benzene rings is 5. The fourth-order valence-electron chi connectivity index (χ4n) is 3.17. The topological polar surface area (TPSA) is 68.3 Å². The average Bonchev–Trinajstić information content (AvgIpc) is 3.22. The zero-order valence-corrected chi connectivity index (χ0v) is 35.3. The number of aldehydes is 2. The van der Waals surface area contributed by atoms with Gasteiger partial charge in [-0.25, -0.2) is 0 Å². The molecule has 4 nitrogen and oxygen atoms in total. The largest absolute Gasteiger partial charge is 0.358 e. The smallest absolute Gasteiger partial charge is 0.185 e. The third kappa shape index (κ3) is 31.4. The Bertz CT molecular complexity index is 1430. The fourth-order valence-corrected chi connectivity index (χ4v) is 3.17. The quantitative estimate of drug-likeness (QED) is 0.0747. The molecule has 5 heteroatoms. The summed E-state index contributed by atoms with van der Waals surface area (Å²) in [5.41, 5.74) is 3.99. The van der Waals surface area contributed by atoms with Crippen molar-refractivity contribution in [2.45, 2.75) is 62.3 Å². The normalized spacial score (nSPS) is 8.02. The predicted molar refractivity (Wildman–Crippen MR) is 218 cm³/mol. The molecule has 0 aliphatic heterocycles. The first-order valence-corrected chi connectivity index (χ1v) is 16.9. The van der Waals surface area contributed by atoms with Gasteiger partial charge in [0.1, 0.15) is 12.6 Å². The summed E-state index contributed by atoms with van der Waals surface area (Å²) in [5, 5.41) is 0. The van der Waals surface area contributed by atoms with Crippen molar-refractivity contribution >= 4 is 30.2 Å². The molecule has 0 aromatic heterocycles. The first-order valence-electron chi connectivity index (χ1n) is 16.9. The number of hydrogen-bond donors (Lipinski definition) is 0. The molecule has 0 aliphatic rings. The molecule has 5 aromatic carbocycles. The zero-order valence-electron chi connectivity index (χ0n) is 32.5. The van der Waals surface area contributed by atoms with E-state index in [0.717, 1.165) is 40.4 Å². The van der Waals surface area contributed by atoms with Gasteiger partial charge < -0.3 is 7.43 Å². The van der Waals surface area contributed by atoms with Crippen molar-refractivity contribution in [3.8, 4) is 0 Å². The second-order valence-electron chi connectivity index (χ2n) is 8.45. The second-order valence-corrected chi connectivity index (χ2v) is 8.45. The zero-order chi connectivity index (χ0) is 37.5. The first-order chi connectivity index (χ1) is 24.0. The van der Waals surface area contributed by atoms with Crippen molar-refractivity contribution in [3.05, 3.63) is 193 Å². The van der Waals surface area contributed by atoms with E-state index in [4.69, 9.17) is 0 Å². The molecule has 0 saturated carbocycles. The maximum absolute atomic E-state index is 11.7. The van der Waals surface area contributed by atoms with Crippen LogP contribution in [0, 0.1) is 7.43 Å². The van der Waals surface area contributed by atoms with E-state index in [0.29, 0.717) is 0 Å². The van der Waals surface area contributed by atoms with Crippen molar-refractivity contribution in [1.82, 2.24) is 0 Å². The van der Waals surface area contributed by atoms with Gasteiger partial charge in [-0.1, -0.05) is 213 Å². The van der Waals surface area contributed by atoms with Crippen LogP contribution in [-0.2, 0) is 32.7 Å². The Labute approximate surface area is 335 Å². The Morgan fingerprint density at radius 3 is 0.902 bits per heavy atom. The Morgan fingerprint density at radius 1 is 0.412 bits per heavy atom. The van der Waals surface area contributed by atoms with Crippen molar-refractivity contribution in [2.75, 3.05) is 0 Å². The number of Topliss-reactive ketones (excluding diaryl/α,β-unsaturated/α-hetero) is 1. The SMILES string of the molecule is CC.CC.CC.CC.CC(=O)c1ccccc1.O=C(/C=C/c1ccccc1)c1ccccc1.O=Cc1ccccc1.O=Cc1ccccc1.[CH3-].[Y]. The van der Waals surface area contributed by atoms with Gasteiger partial charge in [-0.05, 0) is 18.6 Å². The molecule has 0 spiro atoms. The van der Waals surface area contributed by atoms with Crippen LogP contribution in [0.25, 0.3) is 6.08 Å². The maximum atomic E-state index is 11.7. The van der Waals surface area contributed by atoms with Gasteiger partial charge in [-0.3, -0.25) is 19.2 Å². The van der Waals surface area contributed by atoms with E-state index in [1.807, 2.05) is 189 Å². The van der Waals surface area contributed by atoms with Crippen LogP contribution in [-0.4, -0.2) is 24.1 Å².